The number of Topliss-reactive ketones (excluding diaryl/α,β-unsaturated/α-hetero) is 2. The first-order valence-electron chi connectivity index (χ1n) is 11.8. The molecule has 0 unspecified atom stereocenters. The van der Waals surface area contributed by atoms with Crippen LogP contribution < -0.4 is 9.64 Å². The molecule has 0 atom stereocenters. The zero-order valence-electron chi connectivity index (χ0n) is 19.6. The number of phenols is 2. The third-order valence-electron chi connectivity index (χ3n) is 6.76. The van der Waals surface area contributed by atoms with Crippen LogP contribution in [0.5, 0.6) is 17.2 Å². The quantitative estimate of drug-likeness (QED) is 0.518. The van der Waals surface area contributed by atoms with Crippen molar-refractivity contribution >= 4 is 23.2 Å². The predicted molar refractivity (Wildman–Crippen MR) is 132 cm³/mol. The molecule has 1 aliphatic carbocycles. The number of allylic oxidation sites excluding steroid dienone is 2. The maximum Gasteiger partial charge on any atom is 0.254 e. The topological polar surface area (TPSA) is 117 Å². The summed E-state index contributed by atoms with van der Waals surface area (Å²) in [7, 11) is 0. The first-order valence-corrected chi connectivity index (χ1v) is 11.8. The summed E-state index contributed by atoms with van der Waals surface area (Å²) >= 11 is 0. The van der Waals surface area contributed by atoms with E-state index in [-0.39, 0.29) is 35.0 Å². The Morgan fingerprint density at radius 3 is 2.16 bits per heavy atom. The van der Waals surface area contributed by atoms with Gasteiger partial charge in [0.15, 0.2) is 0 Å². The smallest absolute Gasteiger partial charge is 0.254 e. The molecule has 2 aliphatic heterocycles. The van der Waals surface area contributed by atoms with Gasteiger partial charge in [0.1, 0.15) is 22.9 Å². The fourth-order valence-electron chi connectivity index (χ4n) is 4.87. The van der Waals surface area contributed by atoms with Crippen molar-refractivity contribution < 1.29 is 34.1 Å². The molecule has 0 spiro atoms. The lowest BCUT2D eigenvalue weighted by Crippen LogP contribution is -2.40. The molecular weight excluding hydrogens is 476 g/mol. The molecular formula is C28H22N2O7. The van der Waals surface area contributed by atoms with Gasteiger partial charge in [-0.25, -0.2) is 0 Å². The van der Waals surface area contributed by atoms with Crippen LogP contribution in [0.25, 0.3) is 0 Å². The summed E-state index contributed by atoms with van der Waals surface area (Å²) < 4.78 is 11.3. The number of rotatable bonds is 2. The number of hydrogen-bond donors (Lipinski definition) is 2. The van der Waals surface area contributed by atoms with Crippen molar-refractivity contribution in [3.63, 3.8) is 0 Å². The van der Waals surface area contributed by atoms with E-state index in [2.05, 4.69) is 0 Å². The van der Waals surface area contributed by atoms with Gasteiger partial charge >= 0.3 is 0 Å². The molecule has 6 rings (SSSR count). The number of nitrogens with zero attached hydrogens (tertiary/aromatic N) is 2. The molecule has 186 valence electrons. The Morgan fingerprint density at radius 1 is 0.811 bits per heavy atom. The van der Waals surface area contributed by atoms with Crippen molar-refractivity contribution in [1.29, 1.82) is 0 Å². The highest BCUT2D eigenvalue weighted by atomic mass is 16.5. The fraction of sp³-hybridized carbons (Fsp3) is 0.179. The summed E-state index contributed by atoms with van der Waals surface area (Å²) in [5, 5.41) is 20.8. The van der Waals surface area contributed by atoms with Crippen LogP contribution in [0.2, 0.25) is 0 Å². The van der Waals surface area contributed by atoms with Crippen LogP contribution in [0, 0.1) is 0 Å². The van der Waals surface area contributed by atoms with E-state index in [0.29, 0.717) is 43.3 Å². The van der Waals surface area contributed by atoms with Crippen LogP contribution in [-0.2, 0) is 11.3 Å². The van der Waals surface area contributed by atoms with Gasteiger partial charge in [0.05, 0.1) is 30.9 Å². The molecule has 3 aliphatic rings. The fourth-order valence-corrected chi connectivity index (χ4v) is 4.87. The summed E-state index contributed by atoms with van der Waals surface area (Å²) in [6.07, 6.45) is 0. The van der Waals surface area contributed by atoms with E-state index in [1.54, 1.807) is 46.2 Å². The average molecular weight is 498 g/mol. The number of amides is 1. The SMILES string of the molecule is O=C1C2=C(C(=O)c3c(O)ccc(O)c31)N(c1ccc(C(=O)N3CCOCC3)cc1)Cc1ccccc1O2. The van der Waals surface area contributed by atoms with Crippen molar-refractivity contribution in [3.8, 4) is 17.2 Å². The van der Waals surface area contributed by atoms with Crippen LogP contribution >= 0.6 is 0 Å². The number of ether oxygens (including phenoxy) is 2. The Morgan fingerprint density at radius 2 is 1.46 bits per heavy atom. The van der Waals surface area contributed by atoms with E-state index in [9.17, 15) is 24.6 Å². The molecule has 1 fully saturated rings. The number of aromatic hydroxyl groups is 2. The van der Waals surface area contributed by atoms with Gasteiger partial charge in [0, 0.05) is 29.9 Å². The van der Waals surface area contributed by atoms with Crippen LogP contribution in [0.15, 0.2) is 72.1 Å². The lowest BCUT2D eigenvalue weighted by molar-refractivity contribution is 0.0303. The highest BCUT2D eigenvalue weighted by Gasteiger charge is 2.42. The Labute approximate surface area is 211 Å². The number of ketones is 2. The molecule has 2 heterocycles. The number of morpholine rings is 1. The second-order valence-electron chi connectivity index (χ2n) is 8.94. The van der Waals surface area contributed by atoms with Gasteiger partial charge in [0.25, 0.3) is 5.91 Å². The van der Waals surface area contributed by atoms with Crippen LogP contribution in [0.1, 0.15) is 36.6 Å². The monoisotopic (exact) mass is 498 g/mol. The first-order chi connectivity index (χ1) is 17.9. The van der Waals surface area contributed by atoms with Gasteiger partial charge in [-0.15, -0.1) is 0 Å². The van der Waals surface area contributed by atoms with Crippen molar-refractivity contribution in [1.82, 2.24) is 4.90 Å². The van der Waals surface area contributed by atoms with E-state index in [4.69, 9.17) is 9.47 Å². The molecule has 0 saturated carbocycles. The number of benzene rings is 3. The van der Waals surface area contributed by atoms with E-state index in [1.165, 1.54) is 6.07 Å². The summed E-state index contributed by atoms with van der Waals surface area (Å²) in [5.74, 6) is -2.14. The third-order valence-corrected chi connectivity index (χ3v) is 6.76. The highest BCUT2D eigenvalue weighted by Crippen LogP contribution is 2.42. The Kier molecular flexibility index (Phi) is 5.42. The molecule has 0 radical (unpaired) electrons. The number of phenolic OH excluding ortho intramolecular Hbond substituents is 2. The second kappa shape index (κ2) is 8.79. The van der Waals surface area contributed by atoms with E-state index in [0.717, 1.165) is 11.6 Å². The van der Waals surface area contributed by atoms with Crippen LogP contribution in [-0.4, -0.2) is 58.9 Å². The molecule has 9 nitrogen and oxygen atoms in total. The number of para-hydroxylation sites is 1. The van der Waals surface area contributed by atoms with Crippen molar-refractivity contribution in [2.75, 3.05) is 31.2 Å². The Balaban J connectivity index is 1.45. The Bertz CT molecular complexity index is 1490. The normalized spacial score (nSPS) is 17.0. The zero-order chi connectivity index (χ0) is 25.7. The molecule has 0 bridgehead atoms. The highest BCUT2D eigenvalue weighted by molar-refractivity contribution is 6.29. The second-order valence-corrected chi connectivity index (χ2v) is 8.94. The zero-order valence-corrected chi connectivity index (χ0v) is 19.6. The van der Waals surface area contributed by atoms with Gasteiger partial charge < -0.3 is 29.5 Å². The van der Waals surface area contributed by atoms with E-state index in [1.807, 2.05) is 12.1 Å². The van der Waals surface area contributed by atoms with E-state index < -0.39 is 23.1 Å². The predicted octanol–water partition coefficient (Wildman–Crippen LogP) is 3.26. The molecule has 3 aromatic carbocycles. The van der Waals surface area contributed by atoms with Gasteiger partial charge in [-0.2, -0.15) is 0 Å². The van der Waals surface area contributed by atoms with Gasteiger partial charge in [0.2, 0.25) is 17.3 Å². The summed E-state index contributed by atoms with van der Waals surface area (Å²) in [6.45, 7) is 2.22. The minimum Gasteiger partial charge on any atom is -0.507 e. The minimum atomic E-state index is -0.709. The number of carbonyl (C=O) groups is 3. The summed E-state index contributed by atoms with van der Waals surface area (Å²) in [5.41, 5.74) is 1.14. The lowest BCUT2D eigenvalue weighted by atomic mass is 9.89. The maximum atomic E-state index is 13.8. The minimum absolute atomic E-state index is 0.0538. The van der Waals surface area contributed by atoms with Crippen LogP contribution in [0.3, 0.4) is 0 Å². The van der Waals surface area contributed by atoms with Gasteiger partial charge in [-0.1, -0.05) is 18.2 Å². The molecule has 2 N–H and O–H groups in total. The molecule has 1 saturated heterocycles. The van der Waals surface area contributed by atoms with Crippen molar-refractivity contribution in [2.45, 2.75) is 6.54 Å². The van der Waals surface area contributed by atoms with E-state index >= 15 is 0 Å². The molecule has 37 heavy (non-hydrogen) atoms. The van der Waals surface area contributed by atoms with Crippen molar-refractivity contribution in [3.05, 3.63) is 94.4 Å². The van der Waals surface area contributed by atoms with Crippen molar-refractivity contribution in [2.24, 2.45) is 0 Å². The molecule has 0 aromatic heterocycles. The van der Waals surface area contributed by atoms with Crippen LogP contribution in [0.4, 0.5) is 5.69 Å². The molecule has 3 aromatic rings. The summed E-state index contributed by atoms with van der Waals surface area (Å²) in [4.78, 5) is 43.6. The Hall–Kier alpha value is -4.63. The van der Waals surface area contributed by atoms with Gasteiger partial charge in [-0.05, 0) is 42.5 Å². The number of carbonyl (C=O) groups excluding carboxylic acids is 3. The standard InChI is InChI=1S/C28H22N2O7/c31-19-9-10-20(32)23-22(19)25(33)24-27(26(23)34)37-21-4-2-1-3-17(21)15-30(24)18-7-5-16(6-8-18)28(35)29-11-13-36-14-12-29/h1-10,31-32H,11-15H2. The third kappa shape index (κ3) is 3.71. The molecule has 9 heteroatoms. The average Bonchev–Trinajstić information content (AvgIpc) is 3.11. The number of hydrogen-bond acceptors (Lipinski definition) is 8. The maximum absolute atomic E-state index is 13.8. The summed E-state index contributed by atoms with van der Waals surface area (Å²) in [6, 6.07) is 16.2. The number of fused-ring (bicyclic) bond motifs is 2. The number of anilines is 1. The first kappa shape index (κ1) is 22.8. The lowest BCUT2D eigenvalue weighted by Gasteiger charge is -2.29. The largest absolute Gasteiger partial charge is 0.507 e. The van der Waals surface area contributed by atoms with Gasteiger partial charge in [-0.3, -0.25) is 14.4 Å². The molecule has 1 amide bonds.